The number of ether oxygens (including phenoxy) is 1. The number of aromatic nitrogens is 2. The van der Waals surface area contributed by atoms with E-state index in [9.17, 15) is 17.6 Å². The normalized spacial score (nSPS) is 20.9. The van der Waals surface area contributed by atoms with Gasteiger partial charge in [0.25, 0.3) is 0 Å². The smallest absolute Gasteiger partial charge is 0.490 e. The largest absolute Gasteiger partial charge is 0.497 e. The van der Waals surface area contributed by atoms with Crippen LogP contribution in [0.3, 0.4) is 0 Å². The van der Waals surface area contributed by atoms with Crippen LogP contribution in [0, 0.1) is 11.2 Å². The van der Waals surface area contributed by atoms with Gasteiger partial charge in [-0.15, -0.1) is 0 Å². The van der Waals surface area contributed by atoms with E-state index in [1.54, 1.807) is 7.11 Å². The van der Waals surface area contributed by atoms with E-state index in [0.29, 0.717) is 11.4 Å². The van der Waals surface area contributed by atoms with Gasteiger partial charge in [0.2, 0.25) is 5.95 Å². The Kier molecular flexibility index (Phi) is 7.72. The second kappa shape index (κ2) is 10.3. The van der Waals surface area contributed by atoms with Crippen molar-refractivity contribution in [1.29, 1.82) is 0 Å². The van der Waals surface area contributed by atoms with E-state index >= 15 is 0 Å². The molecule has 1 spiro atoms. The first-order valence-electron chi connectivity index (χ1n) is 10.5. The molecule has 1 atom stereocenters. The Balaban J connectivity index is 0.000000383. The van der Waals surface area contributed by atoms with Gasteiger partial charge in [-0.25, -0.2) is 19.2 Å². The fourth-order valence-electron chi connectivity index (χ4n) is 4.33. The fourth-order valence-corrected chi connectivity index (χ4v) is 4.33. The molecule has 3 heterocycles. The number of methoxy groups -OCH3 is 1. The van der Waals surface area contributed by atoms with E-state index < -0.39 is 12.1 Å². The van der Waals surface area contributed by atoms with Gasteiger partial charge in [-0.05, 0) is 43.5 Å². The summed E-state index contributed by atoms with van der Waals surface area (Å²) in [6.07, 6.45) is 1.00. The van der Waals surface area contributed by atoms with E-state index in [1.165, 1.54) is 30.8 Å². The van der Waals surface area contributed by atoms with Crippen molar-refractivity contribution in [1.82, 2.24) is 14.9 Å². The third-order valence-electron chi connectivity index (χ3n) is 5.88. The number of anilines is 1. The highest BCUT2D eigenvalue weighted by Gasteiger charge is 2.42. The van der Waals surface area contributed by atoms with Gasteiger partial charge in [0.15, 0.2) is 5.82 Å². The fraction of sp³-hybridized carbons (Fsp3) is 0.500. The zero-order valence-electron chi connectivity index (χ0n) is 18.2. The van der Waals surface area contributed by atoms with Gasteiger partial charge in [-0.2, -0.15) is 13.2 Å². The van der Waals surface area contributed by atoms with E-state index in [4.69, 9.17) is 14.6 Å². The van der Waals surface area contributed by atoms with Gasteiger partial charge < -0.3 is 14.7 Å². The quantitative estimate of drug-likeness (QED) is 0.682. The highest BCUT2D eigenvalue weighted by atomic mass is 19.4. The van der Waals surface area contributed by atoms with Crippen molar-refractivity contribution in [2.24, 2.45) is 5.41 Å². The first-order valence-corrected chi connectivity index (χ1v) is 10.5. The molecular weight excluding hydrogens is 444 g/mol. The second-order valence-corrected chi connectivity index (χ2v) is 8.34. The van der Waals surface area contributed by atoms with Crippen LogP contribution in [0.5, 0.6) is 5.75 Å². The zero-order valence-corrected chi connectivity index (χ0v) is 18.2. The van der Waals surface area contributed by atoms with E-state index in [2.05, 4.69) is 31.9 Å². The van der Waals surface area contributed by atoms with Crippen LogP contribution in [-0.4, -0.2) is 65.4 Å². The molecule has 2 aromatic rings. The molecule has 1 aromatic heterocycles. The van der Waals surface area contributed by atoms with Gasteiger partial charge in [-0.1, -0.05) is 12.1 Å². The van der Waals surface area contributed by atoms with Crippen molar-refractivity contribution in [3.8, 4) is 5.75 Å². The highest BCUT2D eigenvalue weighted by molar-refractivity contribution is 5.73. The molecule has 2 aliphatic heterocycles. The van der Waals surface area contributed by atoms with Crippen molar-refractivity contribution in [3.05, 3.63) is 48.0 Å². The Morgan fingerprint density at radius 3 is 2.33 bits per heavy atom. The molecule has 7 nitrogen and oxygen atoms in total. The minimum atomic E-state index is -5.08. The van der Waals surface area contributed by atoms with Crippen LogP contribution in [0.25, 0.3) is 0 Å². The molecule has 0 radical (unpaired) electrons. The number of benzene rings is 1. The standard InChI is InChI=1S/C20H25FN4O.C2HF3O2/c1-26-18-5-3-16(4-6-18)13-24-10-8-20(14-24)7-2-9-25(15-20)19-22-11-17(21)12-23-19;3-2(4,5)1(6)7/h3-6,11-12H,2,7-10,13-15H2,1H3;(H,6,7). The molecule has 1 N–H and O–H groups in total. The number of aliphatic carboxylic acids is 1. The van der Waals surface area contributed by atoms with Gasteiger partial charge in [0.1, 0.15) is 5.75 Å². The number of alkyl halides is 3. The monoisotopic (exact) mass is 470 g/mol. The van der Waals surface area contributed by atoms with Crippen LogP contribution in [0.2, 0.25) is 0 Å². The molecule has 0 aliphatic carbocycles. The lowest BCUT2D eigenvalue weighted by molar-refractivity contribution is -0.192. The SMILES string of the molecule is COc1ccc(CN2CCC3(CCCN(c4ncc(F)cn4)C3)C2)cc1.O=C(O)C(F)(F)F. The summed E-state index contributed by atoms with van der Waals surface area (Å²) in [5.74, 6) is -1.59. The molecule has 0 bridgehead atoms. The van der Waals surface area contributed by atoms with Gasteiger partial charge in [0, 0.05) is 31.6 Å². The molecule has 2 saturated heterocycles. The second-order valence-electron chi connectivity index (χ2n) is 8.34. The van der Waals surface area contributed by atoms with Crippen molar-refractivity contribution in [2.45, 2.75) is 32.0 Å². The summed E-state index contributed by atoms with van der Waals surface area (Å²) in [4.78, 5) is 22.0. The number of carbonyl (C=O) groups is 1. The highest BCUT2D eigenvalue weighted by Crippen LogP contribution is 2.40. The van der Waals surface area contributed by atoms with Crippen LogP contribution in [0.1, 0.15) is 24.8 Å². The maximum Gasteiger partial charge on any atom is 0.490 e. The number of hydrogen-bond donors (Lipinski definition) is 1. The number of likely N-dealkylation sites (tertiary alicyclic amines) is 1. The van der Waals surface area contributed by atoms with Crippen LogP contribution in [0.4, 0.5) is 23.5 Å². The van der Waals surface area contributed by atoms with Crippen molar-refractivity contribution < 1.29 is 32.2 Å². The van der Waals surface area contributed by atoms with Crippen LogP contribution in [-0.2, 0) is 11.3 Å². The summed E-state index contributed by atoms with van der Waals surface area (Å²) < 4.78 is 50.1. The van der Waals surface area contributed by atoms with E-state index in [1.807, 2.05) is 12.1 Å². The Morgan fingerprint density at radius 1 is 1.12 bits per heavy atom. The number of rotatable bonds is 4. The Hall–Kier alpha value is -2.95. The van der Waals surface area contributed by atoms with Crippen LogP contribution < -0.4 is 9.64 Å². The van der Waals surface area contributed by atoms with Crippen molar-refractivity contribution >= 4 is 11.9 Å². The topological polar surface area (TPSA) is 78.8 Å². The Morgan fingerprint density at radius 2 is 1.76 bits per heavy atom. The summed E-state index contributed by atoms with van der Waals surface area (Å²) >= 11 is 0. The molecule has 0 saturated carbocycles. The average molecular weight is 470 g/mol. The first kappa shape index (κ1) is 24.7. The number of carboxylic acid groups (broad SMARTS) is 1. The van der Waals surface area contributed by atoms with Gasteiger partial charge in [-0.3, -0.25) is 4.90 Å². The maximum atomic E-state index is 13.1. The molecule has 11 heteroatoms. The van der Waals surface area contributed by atoms with Crippen LogP contribution in [0.15, 0.2) is 36.7 Å². The Labute approximate surface area is 189 Å². The molecule has 1 aromatic carbocycles. The maximum absolute atomic E-state index is 13.1. The molecule has 2 fully saturated rings. The molecule has 1 unspecified atom stereocenters. The molecule has 2 aliphatic rings. The molecule has 33 heavy (non-hydrogen) atoms. The predicted molar refractivity (Wildman–Crippen MR) is 112 cm³/mol. The third-order valence-corrected chi connectivity index (χ3v) is 5.88. The van der Waals surface area contributed by atoms with Crippen molar-refractivity contribution in [3.63, 3.8) is 0 Å². The number of halogens is 4. The van der Waals surface area contributed by atoms with E-state index in [-0.39, 0.29) is 5.82 Å². The third kappa shape index (κ3) is 6.77. The molecule has 4 rings (SSSR count). The average Bonchev–Trinajstić information content (AvgIpc) is 3.16. The minimum Gasteiger partial charge on any atom is -0.497 e. The molecule has 0 amide bonds. The number of nitrogens with zero attached hydrogens (tertiary/aromatic N) is 4. The van der Waals surface area contributed by atoms with Gasteiger partial charge >= 0.3 is 12.1 Å². The van der Waals surface area contributed by atoms with Crippen LogP contribution >= 0.6 is 0 Å². The summed E-state index contributed by atoms with van der Waals surface area (Å²) in [6, 6.07) is 8.33. The summed E-state index contributed by atoms with van der Waals surface area (Å²) in [7, 11) is 1.69. The molecular formula is C22H26F4N4O3. The number of hydrogen-bond acceptors (Lipinski definition) is 6. The lowest BCUT2D eigenvalue weighted by atomic mass is 9.79. The summed E-state index contributed by atoms with van der Waals surface area (Å²) in [5.41, 5.74) is 1.61. The summed E-state index contributed by atoms with van der Waals surface area (Å²) in [5, 5.41) is 7.12. The number of carboxylic acids is 1. The Bertz CT molecular complexity index is 925. The van der Waals surface area contributed by atoms with Crippen molar-refractivity contribution in [2.75, 3.05) is 38.2 Å². The van der Waals surface area contributed by atoms with E-state index in [0.717, 1.165) is 44.9 Å². The lowest BCUT2D eigenvalue weighted by Crippen LogP contribution is -2.45. The molecule has 180 valence electrons. The minimum absolute atomic E-state index is 0.294. The lowest BCUT2D eigenvalue weighted by Gasteiger charge is -2.40. The predicted octanol–water partition coefficient (Wildman–Crippen LogP) is 3.75. The number of piperidine rings is 1. The summed E-state index contributed by atoms with van der Waals surface area (Å²) in [6.45, 7) is 5.09. The first-order chi connectivity index (χ1) is 15.6. The van der Waals surface area contributed by atoms with Gasteiger partial charge in [0.05, 0.1) is 19.5 Å². The zero-order chi connectivity index (χ0) is 24.1.